The zero-order valence-electron chi connectivity index (χ0n) is 12.4. The van der Waals surface area contributed by atoms with E-state index in [-0.39, 0.29) is 25.9 Å². The predicted octanol–water partition coefficient (Wildman–Crippen LogP) is -0.654. The Balaban J connectivity index is 2.36. The summed E-state index contributed by atoms with van der Waals surface area (Å²) in [4.78, 5) is 36.3. The third-order valence-electron chi connectivity index (χ3n) is 2.88. The molecule has 1 aromatic heterocycles. The highest BCUT2D eigenvalue weighted by atomic mass is 16.6. The number of hydrogen-bond acceptors (Lipinski definition) is 6. The molecule has 0 aliphatic heterocycles. The lowest BCUT2D eigenvalue weighted by Crippen LogP contribution is -2.37. The molecule has 0 amide bonds. The Morgan fingerprint density at radius 1 is 1.38 bits per heavy atom. The van der Waals surface area contributed by atoms with Crippen LogP contribution in [0.2, 0.25) is 0 Å². The van der Waals surface area contributed by atoms with Crippen LogP contribution in [0.15, 0.2) is 15.8 Å². The molecule has 0 saturated carbocycles. The first-order valence-corrected chi connectivity index (χ1v) is 6.63. The maximum Gasteiger partial charge on any atom is 0.330 e. The number of carbonyl (C=O) groups is 1. The van der Waals surface area contributed by atoms with E-state index in [4.69, 9.17) is 15.2 Å². The number of nitrogens with two attached hydrogens (primary N) is 1. The molecule has 118 valence electrons. The van der Waals surface area contributed by atoms with Crippen molar-refractivity contribution in [1.82, 2.24) is 9.55 Å². The summed E-state index contributed by atoms with van der Waals surface area (Å²) >= 11 is 0. The molecule has 1 atom stereocenters. The molecule has 21 heavy (non-hydrogen) atoms. The van der Waals surface area contributed by atoms with E-state index in [1.54, 1.807) is 6.92 Å². The summed E-state index contributed by atoms with van der Waals surface area (Å²) in [6.45, 7) is 5.38. The molecule has 0 aromatic carbocycles. The first-order valence-electron chi connectivity index (χ1n) is 6.63. The number of H-pyrrole nitrogens is 1. The van der Waals surface area contributed by atoms with Crippen molar-refractivity contribution in [3.05, 3.63) is 32.6 Å². The average molecular weight is 299 g/mol. The molecule has 1 rings (SSSR count). The largest absolute Gasteiger partial charge is 0.462 e. The zero-order chi connectivity index (χ0) is 16.0. The quantitative estimate of drug-likeness (QED) is 0.510. The first kappa shape index (κ1) is 17.1. The SMILES string of the molecule is Cc1cn(COCCOC(=O)C(N)C(C)C)c(=O)[nH]c1=O. The van der Waals surface area contributed by atoms with E-state index in [0.29, 0.717) is 5.56 Å². The van der Waals surface area contributed by atoms with E-state index < -0.39 is 23.3 Å². The number of nitrogens with one attached hydrogen (secondary N) is 1. The van der Waals surface area contributed by atoms with Crippen molar-refractivity contribution < 1.29 is 14.3 Å². The van der Waals surface area contributed by atoms with E-state index in [1.807, 2.05) is 13.8 Å². The lowest BCUT2D eigenvalue weighted by Gasteiger charge is -2.14. The molecule has 8 nitrogen and oxygen atoms in total. The van der Waals surface area contributed by atoms with Gasteiger partial charge in [-0.2, -0.15) is 0 Å². The number of rotatable bonds is 7. The molecule has 1 aromatic rings. The summed E-state index contributed by atoms with van der Waals surface area (Å²) in [5, 5.41) is 0. The second kappa shape index (κ2) is 7.75. The van der Waals surface area contributed by atoms with Crippen molar-refractivity contribution >= 4 is 5.97 Å². The molecular formula is C13H21N3O5. The summed E-state index contributed by atoms with van der Waals surface area (Å²) in [5.74, 6) is -0.480. The van der Waals surface area contributed by atoms with Crippen molar-refractivity contribution in [2.45, 2.75) is 33.5 Å². The van der Waals surface area contributed by atoms with Crippen LogP contribution in [-0.4, -0.2) is 34.8 Å². The van der Waals surface area contributed by atoms with Gasteiger partial charge in [-0.25, -0.2) is 4.79 Å². The van der Waals surface area contributed by atoms with Gasteiger partial charge in [-0.1, -0.05) is 13.8 Å². The van der Waals surface area contributed by atoms with E-state index in [0.717, 1.165) is 0 Å². The van der Waals surface area contributed by atoms with Crippen LogP contribution in [-0.2, 0) is 21.0 Å². The molecule has 0 bridgehead atoms. The van der Waals surface area contributed by atoms with Gasteiger partial charge in [-0.05, 0) is 12.8 Å². The summed E-state index contributed by atoms with van der Waals surface area (Å²) in [6.07, 6.45) is 1.40. The normalized spacial score (nSPS) is 12.4. The summed E-state index contributed by atoms with van der Waals surface area (Å²) < 4.78 is 11.4. The van der Waals surface area contributed by atoms with Crippen molar-refractivity contribution in [3.8, 4) is 0 Å². The third-order valence-corrected chi connectivity index (χ3v) is 2.88. The average Bonchev–Trinajstić information content (AvgIpc) is 2.42. The number of aromatic amines is 1. The Labute approximate surface area is 121 Å². The van der Waals surface area contributed by atoms with Crippen LogP contribution >= 0.6 is 0 Å². The Kier molecular flexibility index (Phi) is 6.32. The fourth-order valence-electron chi connectivity index (χ4n) is 1.45. The molecule has 0 aliphatic rings. The number of aromatic nitrogens is 2. The van der Waals surface area contributed by atoms with Gasteiger partial charge in [-0.15, -0.1) is 0 Å². The highest BCUT2D eigenvalue weighted by Crippen LogP contribution is 2.00. The van der Waals surface area contributed by atoms with E-state index in [2.05, 4.69) is 4.98 Å². The van der Waals surface area contributed by atoms with Gasteiger partial charge in [0, 0.05) is 11.8 Å². The zero-order valence-corrected chi connectivity index (χ0v) is 12.4. The summed E-state index contributed by atoms with van der Waals surface area (Å²) in [7, 11) is 0. The standard InChI is InChI=1S/C13H21N3O5/c1-8(2)10(14)12(18)21-5-4-20-7-16-6-9(3)11(17)15-13(16)19/h6,8,10H,4-5,7,14H2,1-3H3,(H,15,17,19). The second-order valence-corrected chi connectivity index (χ2v) is 5.02. The minimum atomic E-state index is -0.658. The van der Waals surface area contributed by atoms with Gasteiger partial charge in [0.05, 0.1) is 6.61 Å². The Bertz CT molecular complexity index is 590. The van der Waals surface area contributed by atoms with Crippen LogP contribution in [0.5, 0.6) is 0 Å². The topological polar surface area (TPSA) is 116 Å². The molecule has 0 fully saturated rings. The van der Waals surface area contributed by atoms with Gasteiger partial charge in [0.1, 0.15) is 19.4 Å². The molecular weight excluding hydrogens is 278 g/mol. The smallest absolute Gasteiger partial charge is 0.330 e. The maximum atomic E-state index is 11.5. The maximum absolute atomic E-state index is 11.5. The number of esters is 1. The van der Waals surface area contributed by atoms with Gasteiger partial charge >= 0.3 is 11.7 Å². The van der Waals surface area contributed by atoms with E-state index >= 15 is 0 Å². The fraction of sp³-hybridized carbons (Fsp3) is 0.615. The molecule has 3 N–H and O–H groups in total. The molecule has 1 heterocycles. The molecule has 1 unspecified atom stereocenters. The minimum Gasteiger partial charge on any atom is -0.462 e. The number of nitrogens with zero attached hydrogens (tertiary/aromatic N) is 1. The van der Waals surface area contributed by atoms with Gasteiger partial charge < -0.3 is 15.2 Å². The van der Waals surface area contributed by atoms with Crippen molar-refractivity contribution in [2.24, 2.45) is 11.7 Å². The fourth-order valence-corrected chi connectivity index (χ4v) is 1.45. The van der Waals surface area contributed by atoms with E-state index in [9.17, 15) is 14.4 Å². The van der Waals surface area contributed by atoms with Crippen LogP contribution in [0.3, 0.4) is 0 Å². The molecule has 0 aliphatic carbocycles. The highest BCUT2D eigenvalue weighted by Gasteiger charge is 2.18. The van der Waals surface area contributed by atoms with Gasteiger partial charge in [0.2, 0.25) is 0 Å². The Hall–Kier alpha value is -1.93. The van der Waals surface area contributed by atoms with E-state index in [1.165, 1.54) is 10.8 Å². The van der Waals surface area contributed by atoms with Crippen LogP contribution in [0.25, 0.3) is 0 Å². The summed E-state index contributed by atoms with van der Waals surface area (Å²) in [5.41, 5.74) is 5.06. The lowest BCUT2D eigenvalue weighted by molar-refractivity contribution is -0.148. The van der Waals surface area contributed by atoms with Crippen LogP contribution < -0.4 is 17.0 Å². The van der Waals surface area contributed by atoms with Gasteiger partial charge in [-0.3, -0.25) is 19.1 Å². The number of hydrogen-bond donors (Lipinski definition) is 2. The highest BCUT2D eigenvalue weighted by molar-refractivity contribution is 5.75. The third kappa shape index (κ3) is 5.16. The monoisotopic (exact) mass is 299 g/mol. The molecule has 0 radical (unpaired) electrons. The van der Waals surface area contributed by atoms with Crippen molar-refractivity contribution in [2.75, 3.05) is 13.2 Å². The number of aryl methyl sites for hydroxylation is 1. The number of carbonyl (C=O) groups excluding carboxylic acids is 1. The van der Waals surface area contributed by atoms with Crippen molar-refractivity contribution in [3.63, 3.8) is 0 Å². The summed E-state index contributed by atoms with van der Waals surface area (Å²) in [6, 6.07) is -0.658. The lowest BCUT2D eigenvalue weighted by atomic mass is 10.1. The van der Waals surface area contributed by atoms with Gasteiger partial charge in [0.15, 0.2) is 0 Å². The molecule has 0 saturated heterocycles. The number of ether oxygens (including phenoxy) is 2. The minimum absolute atomic E-state index is 0.00103. The Morgan fingerprint density at radius 3 is 2.67 bits per heavy atom. The van der Waals surface area contributed by atoms with Crippen LogP contribution in [0, 0.1) is 12.8 Å². The van der Waals surface area contributed by atoms with Crippen LogP contribution in [0.4, 0.5) is 0 Å². The van der Waals surface area contributed by atoms with Crippen LogP contribution in [0.1, 0.15) is 19.4 Å². The molecule has 8 heteroatoms. The Morgan fingerprint density at radius 2 is 2.05 bits per heavy atom. The van der Waals surface area contributed by atoms with Crippen molar-refractivity contribution in [1.29, 1.82) is 0 Å². The predicted molar refractivity (Wildman–Crippen MR) is 75.8 cm³/mol. The first-order chi connectivity index (χ1) is 9.82. The molecule has 0 spiro atoms. The van der Waals surface area contributed by atoms with Gasteiger partial charge in [0.25, 0.3) is 5.56 Å². The second-order valence-electron chi connectivity index (χ2n) is 5.02.